The van der Waals surface area contributed by atoms with E-state index in [4.69, 9.17) is 19.2 Å². The summed E-state index contributed by atoms with van der Waals surface area (Å²) in [4.78, 5) is 33.2. The summed E-state index contributed by atoms with van der Waals surface area (Å²) in [5.74, 6) is -0.451. The number of hydrogen-bond acceptors (Lipinski definition) is 8. The van der Waals surface area contributed by atoms with E-state index < -0.39 is 23.1 Å². The quantitative estimate of drug-likeness (QED) is 0.175. The van der Waals surface area contributed by atoms with Gasteiger partial charge in [-0.05, 0) is 122 Å². The predicted molar refractivity (Wildman–Crippen MR) is 196 cm³/mol. The molecule has 3 unspecified atom stereocenters. The van der Waals surface area contributed by atoms with Crippen molar-refractivity contribution in [2.24, 2.45) is 28.6 Å². The number of esters is 1. The van der Waals surface area contributed by atoms with E-state index in [2.05, 4.69) is 19.9 Å². The van der Waals surface area contributed by atoms with Gasteiger partial charge in [0.1, 0.15) is 5.82 Å². The first-order valence-corrected chi connectivity index (χ1v) is 19.1. The zero-order valence-corrected chi connectivity index (χ0v) is 29.9. The highest BCUT2D eigenvalue weighted by Crippen LogP contribution is 2.69. The van der Waals surface area contributed by atoms with Crippen molar-refractivity contribution in [3.63, 3.8) is 0 Å². The SMILES string of the molecule is C[C@]12Cc3cnn(-c4ccc(F)cc4)c3C=C1CCC1C2[C@@H](O)C[C@@]2(C)C1CC[C@]2(OC(=O)c1ccco1)C(=O)SCc1ccc2ccccc2n1. The molecule has 0 amide bonds. The molecule has 9 rings (SSSR count). The summed E-state index contributed by atoms with van der Waals surface area (Å²) in [6.45, 7) is 4.34. The number of hydrogen-bond donors (Lipinski definition) is 1. The van der Waals surface area contributed by atoms with Crippen LogP contribution in [-0.4, -0.2) is 42.7 Å². The summed E-state index contributed by atoms with van der Waals surface area (Å²) in [7, 11) is 0. The third-order valence-electron chi connectivity index (χ3n) is 12.9. The van der Waals surface area contributed by atoms with E-state index in [1.165, 1.54) is 24.0 Å². The Hall–Kier alpha value is -4.54. The van der Waals surface area contributed by atoms with Crippen molar-refractivity contribution in [1.29, 1.82) is 0 Å². The number of para-hydroxylation sites is 1. The molecule has 0 aliphatic heterocycles. The lowest BCUT2D eigenvalue weighted by atomic mass is 9.45. The van der Waals surface area contributed by atoms with Crippen molar-refractivity contribution >= 4 is 39.8 Å². The molecular formula is C42H40FN3O5S. The van der Waals surface area contributed by atoms with Crippen LogP contribution in [0.5, 0.6) is 0 Å². The second kappa shape index (κ2) is 12.3. The monoisotopic (exact) mass is 717 g/mol. The highest BCUT2D eigenvalue weighted by Gasteiger charge is 2.71. The van der Waals surface area contributed by atoms with Gasteiger partial charge in [0, 0.05) is 16.6 Å². The van der Waals surface area contributed by atoms with Crippen molar-refractivity contribution < 1.29 is 28.2 Å². The first kappa shape index (κ1) is 33.3. The maximum absolute atomic E-state index is 14.7. The van der Waals surface area contributed by atoms with E-state index in [0.717, 1.165) is 64.6 Å². The van der Waals surface area contributed by atoms with Gasteiger partial charge in [-0.2, -0.15) is 5.10 Å². The molecule has 1 N–H and O–H groups in total. The van der Waals surface area contributed by atoms with Crippen molar-refractivity contribution in [3.8, 4) is 5.69 Å². The topological polar surface area (TPSA) is 107 Å². The number of pyridine rings is 1. The van der Waals surface area contributed by atoms with Crippen LogP contribution in [0.15, 0.2) is 95.2 Å². The van der Waals surface area contributed by atoms with Gasteiger partial charge in [-0.1, -0.05) is 55.4 Å². The summed E-state index contributed by atoms with van der Waals surface area (Å²) >= 11 is 1.14. The Morgan fingerprint density at radius 1 is 1.06 bits per heavy atom. The van der Waals surface area contributed by atoms with Crippen LogP contribution in [0.3, 0.4) is 0 Å². The molecule has 4 aliphatic rings. The predicted octanol–water partition coefficient (Wildman–Crippen LogP) is 8.36. The van der Waals surface area contributed by atoms with E-state index in [9.17, 15) is 19.1 Å². The van der Waals surface area contributed by atoms with Gasteiger partial charge in [0.15, 0.2) is 5.60 Å². The lowest BCUT2D eigenvalue weighted by Gasteiger charge is -2.60. The Kier molecular flexibility index (Phi) is 7.86. The van der Waals surface area contributed by atoms with E-state index in [1.54, 1.807) is 24.3 Å². The molecule has 2 aromatic carbocycles. The minimum atomic E-state index is -1.46. The van der Waals surface area contributed by atoms with E-state index in [-0.39, 0.29) is 39.9 Å². The van der Waals surface area contributed by atoms with Gasteiger partial charge < -0.3 is 14.3 Å². The lowest BCUT2D eigenvalue weighted by molar-refractivity contribution is -0.175. The Balaban J connectivity index is 1.03. The van der Waals surface area contributed by atoms with Crippen LogP contribution in [-0.2, 0) is 21.7 Å². The van der Waals surface area contributed by atoms with Crippen LogP contribution in [0.2, 0.25) is 0 Å². The molecule has 266 valence electrons. The van der Waals surface area contributed by atoms with Crippen molar-refractivity contribution in [2.45, 2.75) is 69.8 Å². The van der Waals surface area contributed by atoms with Gasteiger partial charge >= 0.3 is 5.97 Å². The molecule has 0 radical (unpaired) electrons. The number of allylic oxidation sites excluding steroid dienone is 1. The standard InChI is InChI=1S/C42H40FN3O5S/c1-40-21-26-23-44-46(30-14-11-28(43)12-15-30)34(26)20-27(40)10-16-31-32-17-18-42(41(32,2)22-35(47)37(31)40,51-38(48)36-8-5-19-50-36)39(49)52-24-29-13-9-25-6-3-4-7-33(25)45-29/h3-9,11-15,19-20,23,31-32,35,37,47H,10,16-18,21-22,24H2,1-2H3/t31?,32?,35-,37?,40-,41-,42-/m0/s1. The number of aliphatic hydroxyl groups is 1. The summed E-state index contributed by atoms with van der Waals surface area (Å²) < 4.78 is 27.4. The van der Waals surface area contributed by atoms with Gasteiger partial charge in [-0.25, -0.2) is 13.9 Å². The van der Waals surface area contributed by atoms with Gasteiger partial charge in [-0.15, -0.1) is 0 Å². The van der Waals surface area contributed by atoms with Crippen LogP contribution in [0.25, 0.3) is 22.7 Å². The summed E-state index contributed by atoms with van der Waals surface area (Å²) in [5.41, 5.74) is 3.24. The molecule has 3 fully saturated rings. The second-order valence-corrected chi connectivity index (χ2v) is 16.5. The Labute approximate surface area is 305 Å². The fourth-order valence-electron chi connectivity index (χ4n) is 10.6. The average Bonchev–Trinajstić information content (AvgIpc) is 3.88. The van der Waals surface area contributed by atoms with Gasteiger partial charge in [0.05, 0.1) is 41.2 Å². The molecule has 0 bridgehead atoms. The number of furan rings is 1. The first-order valence-electron chi connectivity index (χ1n) is 18.1. The maximum Gasteiger partial charge on any atom is 0.375 e. The van der Waals surface area contributed by atoms with Crippen molar-refractivity contribution in [3.05, 3.63) is 119 Å². The number of nitrogens with zero attached hydrogens (tertiary/aromatic N) is 3. The van der Waals surface area contributed by atoms with E-state index in [1.807, 2.05) is 47.3 Å². The minimum absolute atomic E-state index is 0.0472. The number of aliphatic hydroxyl groups excluding tert-OH is 1. The smallest absolute Gasteiger partial charge is 0.375 e. The molecule has 3 heterocycles. The molecule has 4 aliphatic carbocycles. The van der Waals surface area contributed by atoms with Crippen LogP contribution < -0.4 is 0 Å². The summed E-state index contributed by atoms with van der Waals surface area (Å²) in [6, 6.07) is 21.4. The van der Waals surface area contributed by atoms with Gasteiger partial charge in [-0.3, -0.25) is 9.78 Å². The largest absolute Gasteiger partial charge is 0.457 e. The fraction of sp³-hybridized carbons (Fsp3) is 0.381. The Bertz CT molecular complexity index is 2230. The van der Waals surface area contributed by atoms with Gasteiger partial charge in [0.25, 0.3) is 0 Å². The Morgan fingerprint density at radius 3 is 2.69 bits per heavy atom. The van der Waals surface area contributed by atoms with E-state index >= 15 is 0 Å². The molecule has 7 atom stereocenters. The molecule has 0 spiro atoms. The third-order valence-corrected chi connectivity index (χ3v) is 14.0. The number of rotatable bonds is 6. The van der Waals surface area contributed by atoms with Gasteiger partial charge in [0.2, 0.25) is 10.9 Å². The van der Waals surface area contributed by atoms with Crippen LogP contribution in [0.4, 0.5) is 4.39 Å². The molecule has 8 nitrogen and oxygen atoms in total. The molecule has 3 aromatic heterocycles. The molecule has 3 saturated carbocycles. The fourth-order valence-corrected chi connectivity index (χ4v) is 11.6. The number of thioether (sulfide) groups is 1. The van der Waals surface area contributed by atoms with Crippen LogP contribution >= 0.6 is 11.8 Å². The molecule has 10 heteroatoms. The number of aromatic nitrogens is 3. The number of ether oxygens (including phenoxy) is 1. The lowest BCUT2D eigenvalue weighted by Crippen LogP contribution is -2.62. The van der Waals surface area contributed by atoms with Crippen molar-refractivity contribution in [1.82, 2.24) is 14.8 Å². The zero-order chi connectivity index (χ0) is 35.8. The number of carbonyl (C=O) groups is 2. The number of fused-ring (bicyclic) bond motifs is 7. The Morgan fingerprint density at radius 2 is 1.88 bits per heavy atom. The number of carbonyl (C=O) groups excluding carboxylic acids is 2. The van der Waals surface area contributed by atoms with Crippen molar-refractivity contribution in [2.75, 3.05) is 0 Å². The summed E-state index contributed by atoms with van der Waals surface area (Å²) in [5, 5.41) is 17.9. The van der Waals surface area contributed by atoms with E-state index in [0.29, 0.717) is 25.0 Å². The number of halogens is 1. The zero-order valence-electron chi connectivity index (χ0n) is 29.1. The maximum atomic E-state index is 14.7. The molecule has 52 heavy (non-hydrogen) atoms. The first-order chi connectivity index (χ1) is 25.1. The molecule has 5 aromatic rings. The van der Waals surface area contributed by atoms with Crippen LogP contribution in [0, 0.1) is 34.4 Å². The normalized spacial score (nSPS) is 30.5. The number of benzene rings is 2. The minimum Gasteiger partial charge on any atom is -0.457 e. The van der Waals surface area contributed by atoms with Crippen LogP contribution in [0.1, 0.15) is 73.5 Å². The highest BCUT2D eigenvalue weighted by atomic mass is 32.2. The third kappa shape index (κ3) is 5.05. The second-order valence-electron chi connectivity index (χ2n) is 15.5. The summed E-state index contributed by atoms with van der Waals surface area (Å²) in [6.07, 6.45) is 8.67. The highest BCUT2D eigenvalue weighted by molar-refractivity contribution is 8.13. The molecule has 0 saturated heterocycles. The average molecular weight is 718 g/mol. The molecular weight excluding hydrogens is 678 g/mol.